The van der Waals surface area contributed by atoms with Crippen LogP contribution in [0.1, 0.15) is 26.2 Å². The van der Waals surface area contributed by atoms with Crippen LogP contribution in [0.5, 0.6) is 0 Å². The minimum absolute atomic E-state index is 0.0901. The maximum absolute atomic E-state index is 11.1. The van der Waals surface area contributed by atoms with Crippen LogP contribution in [0.4, 0.5) is 0 Å². The van der Waals surface area contributed by atoms with Gasteiger partial charge < -0.3 is 5.73 Å². The van der Waals surface area contributed by atoms with Crippen LogP contribution in [0.25, 0.3) is 0 Å². The van der Waals surface area contributed by atoms with Gasteiger partial charge in [-0.2, -0.15) is 0 Å². The minimum Gasteiger partial charge on any atom is -0.327 e. The Hall–Kier alpha value is -0.0900. The molecule has 0 bridgehead atoms. The van der Waals surface area contributed by atoms with Gasteiger partial charge in [-0.1, -0.05) is 13.3 Å². The Morgan fingerprint density at radius 3 is 2.67 bits per heavy atom. The highest BCUT2D eigenvalue weighted by Gasteiger charge is 2.31. The normalized spacial score (nSPS) is 30.3. The lowest BCUT2D eigenvalue weighted by molar-refractivity contribution is 0.435. The first-order valence-corrected chi connectivity index (χ1v) is 6.33. The first-order valence-electron chi connectivity index (χ1n) is 4.51. The van der Waals surface area contributed by atoms with E-state index >= 15 is 0 Å². The van der Waals surface area contributed by atoms with E-state index in [1.165, 1.54) is 0 Å². The lowest BCUT2D eigenvalue weighted by Gasteiger charge is -2.16. The monoisotopic (exact) mass is 191 g/mol. The molecule has 3 nitrogen and oxygen atoms in total. The Bertz CT molecular complexity index is 235. The van der Waals surface area contributed by atoms with Crippen molar-refractivity contribution < 1.29 is 8.42 Å². The molecule has 0 aromatic rings. The van der Waals surface area contributed by atoms with Gasteiger partial charge in [0.1, 0.15) is 0 Å². The van der Waals surface area contributed by atoms with E-state index < -0.39 is 9.84 Å². The summed E-state index contributed by atoms with van der Waals surface area (Å²) in [6, 6.07) is 0.0901. The first kappa shape index (κ1) is 9.99. The summed E-state index contributed by atoms with van der Waals surface area (Å²) in [6.07, 6.45) is 2.75. The molecule has 0 aromatic heterocycles. The Balaban J connectivity index is 2.46. The van der Waals surface area contributed by atoms with Crippen molar-refractivity contribution >= 4 is 9.84 Å². The highest BCUT2D eigenvalue weighted by molar-refractivity contribution is 7.91. The summed E-state index contributed by atoms with van der Waals surface area (Å²) in [7, 11) is -2.74. The zero-order valence-corrected chi connectivity index (χ0v) is 8.31. The molecule has 0 amide bonds. The van der Waals surface area contributed by atoms with Gasteiger partial charge >= 0.3 is 0 Å². The number of nitrogens with two attached hydrogens (primary N) is 1. The van der Waals surface area contributed by atoms with E-state index in [0.717, 1.165) is 19.3 Å². The largest absolute Gasteiger partial charge is 0.327 e. The quantitative estimate of drug-likeness (QED) is 0.708. The fourth-order valence-electron chi connectivity index (χ4n) is 1.73. The third-order valence-corrected chi connectivity index (χ3v) is 4.29. The lowest BCUT2D eigenvalue weighted by Crippen LogP contribution is -2.30. The highest BCUT2D eigenvalue weighted by Crippen LogP contribution is 2.22. The molecule has 0 radical (unpaired) electrons. The van der Waals surface area contributed by atoms with Crippen molar-refractivity contribution in [1.29, 1.82) is 0 Å². The van der Waals surface area contributed by atoms with Crippen molar-refractivity contribution in [2.24, 2.45) is 11.7 Å². The van der Waals surface area contributed by atoms with Crippen LogP contribution in [0.15, 0.2) is 0 Å². The molecule has 1 rings (SSSR count). The fraction of sp³-hybridized carbons (Fsp3) is 1.00. The van der Waals surface area contributed by atoms with E-state index in [1.54, 1.807) is 0 Å². The average Bonchev–Trinajstić information content (AvgIpc) is 2.31. The van der Waals surface area contributed by atoms with Gasteiger partial charge in [0.25, 0.3) is 0 Å². The first-order chi connectivity index (χ1) is 5.55. The summed E-state index contributed by atoms with van der Waals surface area (Å²) < 4.78 is 22.2. The van der Waals surface area contributed by atoms with E-state index in [9.17, 15) is 8.42 Å². The summed E-state index contributed by atoms with van der Waals surface area (Å²) in [6.45, 7) is 2.07. The summed E-state index contributed by atoms with van der Waals surface area (Å²) in [4.78, 5) is 0. The van der Waals surface area contributed by atoms with Gasteiger partial charge in [0.15, 0.2) is 9.84 Å². The third kappa shape index (κ3) is 2.45. The third-order valence-electron chi connectivity index (χ3n) is 2.50. The molecular weight excluding hydrogens is 174 g/mol. The van der Waals surface area contributed by atoms with Crippen molar-refractivity contribution in [2.45, 2.75) is 32.2 Å². The second-order valence-electron chi connectivity index (χ2n) is 3.62. The van der Waals surface area contributed by atoms with Gasteiger partial charge in [0.2, 0.25) is 0 Å². The molecule has 2 atom stereocenters. The number of sulfone groups is 1. The van der Waals surface area contributed by atoms with Gasteiger partial charge in [-0.25, -0.2) is 8.42 Å². The van der Waals surface area contributed by atoms with Crippen molar-refractivity contribution in [3.63, 3.8) is 0 Å². The Morgan fingerprint density at radius 1 is 1.58 bits per heavy atom. The van der Waals surface area contributed by atoms with E-state index in [4.69, 9.17) is 5.73 Å². The average molecular weight is 191 g/mol. The van der Waals surface area contributed by atoms with Gasteiger partial charge in [-0.05, 0) is 18.8 Å². The van der Waals surface area contributed by atoms with Gasteiger partial charge in [-0.15, -0.1) is 0 Å². The summed E-state index contributed by atoms with van der Waals surface area (Å²) >= 11 is 0. The smallest absolute Gasteiger partial charge is 0.150 e. The Kier molecular flexibility index (Phi) is 3.12. The molecule has 12 heavy (non-hydrogen) atoms. The van der Waals surface area contributed by atoms with Crippen molar-refractivity contribution in [3.8, 4) is 0 Å². The highest BCUT2D eigenvalue weighted by atomic mass is 32.2. The Morgan fingerprint density at radius 2 is 2.25 bits per heavy atom. The predicted molar refractivity (Wildman–Crippen MR) is 49.6 cm³/mol. The second kappa shape index (κ2) is 3.75. The molecule has 0 aliphatic carbocycles. The second-order valence-corrected chi connectivity index (χ2v) is 5.84. The van der Waals surface area contributed by atoms with Crippen molar-refractivity contribution in [1.82, 2.24) is 0 Å². The standard InChI is InChI=1S/C8H17NO2S/c1-2-3-8(9)7-4-5-12(10,11)6-7/h7-8H,2-6,9H2,1H3. The van der Waals surface area contributed by atoms with Gasteiger partial charge in [0.05, 0.1) is 11.5 Å². The zero-order valence-electron chi connectivity index (χ0n) is 7.49. The van der Waals surface area contributed by atoms with Crippen LogP contribution in [-0.4, -0.2) is 26.0 Å². The molecule has 1 saturated heterocycles. The van der Waals surface area contributed by atoms with E-state index in [-0.39, 0.29) is 12.0 Å². The molecule has 0 saturated carbocycles. The van der Waals surface area contributed by atoms with Crippen LogP contribution in [-0.2, 0) is 9.84 Å². The molecule has 1 aliphatic heterocycles. The molecule has 1 aliphatic rings. The van der Waals surface area contributed by atoms with Gasteiger partial charge in [-0.3, -0.25) is 0 Å². The molecule has 1 heterocycles. The molecule has 2 N–H and O–H groups in total. The van der Waals surface area contributed by atoms with Crippen LogP contribution in [0.3, 0.4) is 0 Å². The number of hydrogen-bond donors (Lipinski definition) is 1. The zero-order chi connectivity index (χ0) is 9.19. The summed E-state index contributed by atoms with van der Waals surface area (Å²) in [5.41, 5.74) is 5.85. The van der Waals surface area contributed by atoms with E-state index in [1.807, 2.05) is 0 Å². The topological polar surface area (TPSA) is 60.2 Å². The van der Waals surface area contributed by atoms with Crippen LogP contribution >= 0.6 is 0 Å². The molecule has 0 spiro atoms. The molecule has 1 fully saturated rings. The molecule has 2 unspecified atom stereocenters. The maximum Gasteiger partial charge on any atom is 0.150 e. The van der Waals surface area contributed by atoms with Crippen LogP contribution in [0, 0.1) is 5.92 Å². The predicted octanol–water partition coefficient (Wildman–Crippen LogP) is 0.548. The van der Waals surface area contributed by atoms with Crippen LogP contribution in [0.2, 0.25) is 0 Å². The summed E-state index contributed by atoms with van der Waals surface area (Å²) in [5.74, 6) is 0.874. The van der Waals surface area contributed by atoms with Crippen molar-refractivity contribution in [3.05, 3.63) is 0 Å². The fourth-order valence-corrected chi connectivity index (χ4v) is 3.63. The SMILES string of the molecule is CCCC(N)C1CCS(=O)(=O)C1. The lowest BCUT2D eigenvalue weighted by atomic mass is 9.96. The van der Waals surface area contributed by atoms with Gasteiger partial charge in [0, 0.05) is 6.04 Å². The molecule has 72 valence electrons. The number of hydrogen-bond acceptors (Lipinski definition) is 3. The maximum atomic E-state index is 11.1. The summed E-state index contributed by atoms with van der Waals surface area (Å²) in [5, 5.41) is 0. The van der Waals surface area contributed by atoms with E-state index in [0.29, 0.717) is 11.5 Å². The minimum atomic E-state index is -2.74. The Labute approximate surface area is 74.3 Å². The van der Waals surface area contributed by atoms with Crippen molar-refractivity contribution in [2.75, 3.05) is 11.5 Å². The molecular formula is C8H17NO2S. The molecule has 4 heteroatoms. The van der Waals surface area contributed by atoms with Crippen LogP contribution < -0.4 is 5.73 Å². The van der Waals surface area contributed by atoms with E-state index in [2.05, 4.69) is 6.92 Å². The number of rotatable bonds is 3. The molecule has 0 aromatic carbocycles.